The van der Waals surface area contributed by atoms with Crippen molar-refractivity contribution in [3.8, 4) is 5.88 Å². The van der Waals surface area contributed by atoms with Gasteiger partial charge in [0.25, 0.3) is 11.6 Å². The molecule has 17 heavy (non-hydrogen) atoms. The molecule has 2 aromatic rings. The van der Waals surface area contributed by atoms with Crippen molar-refractivity contribution < 1.29 is 14.6 Å². The first-order valence-corrected chi connectivity index (χ1v) is 5.08. The second kappa shape index (κ2) is 4.00. The van der Waals surface area contributed by atoms with E-state index in [9.17, 15) is 9.90 Å². The zero-order valence-corrected chi connectivity index (χ0v) is 9.71. The van der Waals surface area contributed by atoms with Crippen molar-refractivity contribution in [1.29, 1.82) is 0 Å². The van der Waals surface area contributed by atoms with Gasteiger partial charge in [-0.25, -0.2) is 9.78 Å². The fourth-order valence-corrected chi connectivity index (χ4v) is 1.34. The number of aromatic hydroxyl groups is 1. The average Bonchev–Trinajstić information content (AvgIpc) is 2.72. The number of rotatable bonds is 2. The van der Waals surface area contributed by atoms with Crippen molar-refractivity contribution in [2.45, 2.75) is 19.8 Å². The molecular weight excluding hydrogens is 224 g/mol. The Labute approximate surface area is 97.1 Å². The van der Waals surface area contributed by atoms with Gasteiger partial charge in [0.1, 0.15) is 0 Å². The summed E-state index contributed by atoms with van der Waals surface area (Å²) < 4.78 is 5.59. The fraction of sp³-hybridized carbons (Fsp3) is 0.400. The van der Waals surface area contributed by atoms with Crippen LogP contribution in [0.5, 0.6) is 5.88 Å². The van der Waals surface area contributed by atoms with Crippen LogP contribution in [0.3, 0.4) is 0 Å². The van der Waals surface area contributed by atoms with Gasteiger partial charge in [-0.3, -0.25) is 0 Å². The van der Waals surface area contributed by atoms with Crippen LogP contribution >= 0.6 is 0 Å². The molecule has 2 rings (SSSR count). The van der Waals surface area contributed by atoms with Crippen LogP contribution in [-0.2, 0) is 4.74 Å². The minimum absolute atomic E-state index is 0.110. The van der Waals surface area contributed by atoms with Gasteiger partial charge >= 0.3 is 5.97 Å². The highest BCUT2D eigenvalue weighted by atomic mass is 16.5. The molecule has 0 radical (unpaired) electrons. The molecule has 0 spiro atoms. The number of methoxy groups -OCH3 is 1. The second-order valence-corrected chi connectivity index (χ2v) is 3.83. The summed E-state index contributed by atoms with van der Waals surface area (Å²) in [6.07, 6.45) is 0. The first-order valence-electron chi connectivity index (χ1n) is 5.08. The molecule has 0 fully saturated rings. The summed E-state index contributed by atoms with van der Waals surface area (Å²) in [5.74, 6) is -0.586. The van der Waals surface area contributed by atoms with Crippen molar-refractivity contribution in [3.63, 3.8) is 0 Å². The van der Waals surface area contributed by atoms with Gasteiger partial charge in [-0.2, -0.15) is 9.50 Å². The highest BCUT2D eigenvalue weighted by Gasteiger charge is 2.17. The molecule has 0 saturated carbocycles. The first kappa shape index (κ1) is 11.3. The summed E-state index contributed by atoms with van der Waals surface area (Å²) in [7, 11) is 1.24. The Hall–Kier alpha value is -2.18. The Morgan fingerprint density at radius 3 is 2.76 bits per heavy atom. The van der Waals surface area contributed by atoms with Crippen LogP contribution in [0.1, 0.15) is 36.1 Å². The van der Waals surface area contributed by atoms with Crippen LogP contribution in [0.4, 0.5) is 0 Å². The molecule has 0 bridgehead atoms. The van der Waals surface area contributed by atoms with E-state index in [4.69, 9.17) is 0 Å². The van der Waals surface area contributed by atoms with Crippen LogP contribution in [-0.4, -0.2) is 37.8 Å². The smallest absolute Gasteiger partial charge is 0.378 e. The molecule has 0 aliphatic heterocycles. The molecule has 2 aromatic heterocycles. The van der Waals surface area contributed by atoms with E-state index in [2.05, 4.69) is 19.8 Å². The lowest BCUT2D eigenvalue weighted by molar-refractivity contribution is 0.0587. The Morgan fingerprint density at radius 2 is 2.18 bits per heavy atom. The Kier molecular flexibility index (Phi) is 2.66. The van der Waals surface area contributed by atoms with Crippen LogP contribution in [0.15, 0.2) is 6.07 Å². The lowest BCUT2D eigenvalue weighted by Crippen LogP contribution is -2.03. The van der Waals surface area contributed by atoms with E-state index in [1.807, 2.05) is 13.8 Å². The van der Waals surface area contributed by atoms with Crippen molar-refractivity contribution in [1.82, 2.24) is 19.6 Å². The number of ether oxygens (including phenoxy) is 1. The van der Waals surface area contributed by atoms with Crippen molar-refractivity contribution in [2.24, 2.45) is 0 Å². The van der Waals surface area contributed by atoms with Gasteiger partial charge in [-0.15, -0.1) is 5.10 Å². The fourth-order valence-electron chi connectivity index (χ4n) is 1.34. The van der Waals surface area contributed by atoms with E-state index in [-0.39, 0.29) is 23.4 Å². The molecule has 90 valence electrons. The lowest BCUT2D eigenvalue weighted by Gasteiger charge is -2.04. The Bertz CT molecular complexity index is 576. The summed E-state index contributed by atoms with van der Waals surface area (Å²) in [5.41, 5.74) is 0.679. The van der Waals surface area contributed by atoms with Gasteiger partial charge in [0, 0.05) is 6.07 Å². The van der Waals surface area contributed by atoms with Crippen LogP contribution in [0, 0.1) is 0 Å². The third-order valence-corrected chi connectivity index (χ3v) is 2.27. The molecule has 2 heterocycles. The number of esters is 1. The second-order valence-electron chi connectivity index (χ2n) is 3.83. The number of nitrogens with zero attached hydrogens (tertiary/aromatic N) is 4. The lowest BCUT2D eigenvalue weighted by atomic mass is 10.1. The summed E-state index contributed by atoms with van der Waals surface area (Å²) in [6, 6.07) is 1.49. The molecule has 0 saturated heterocycles. The molecular formula is C10H12N4O3. The van der Waals surface area contributed by atoms with Gasteiger partial charge in [-0.05, 0) is 5.92 Å². The van der Waals surface area contributed by atoms with Gasteiger partial charge < -0.3 is 9.84 Å². The number of hydrogen-bond acceptors (Lipinski definition) is 6. The zero-order chi connectivity index (χ0) is 12.6. The third-order valence-electron chi connectivity index (χ3n) is 2.27. The Balaban J connectivity index is 2.60. The minimum Gasteiger partial charge on any atom is -0.493 e. The van der Waals surface area contributed by atoms with E-state index >= 15 is 0 Å². The van der Waals surface area contributed by atoms with Crippen molar-refractivity contribution >= 4 is 11.7 Å². The monoisotopic (exact) mass is 236 g/mol. The van der Waals surface area contributed by atoms with E-state index in [1.165, 1.54) is 13.2 Å². The number of hydrogen-bond donors (Lipinski definition) is 1. The molecule has 0 aromatic carbocycles. The number of carbonyl (C=O) groups is 1. The molecule has 0 atom stereocenters. The maximum absolute atomic E-state index is 11.2. The van der Waals surface area contributed by atoms with E-state index in [1.54, 1.807) is 0 Å². The third kappa shape index (κ3) is 1.91. The van der Waals surface area contributed by atoms with Crippen LogP contribution < -0.4 is 0 Å². The highest BCUT2D eigenvalue weighted by molar-refractivity contribution is 5.85. The normalized spacial score (nSPS) is 11.1. The molecule has 1 N–H and O–H groups in total. The topological polar surface area (TPSA) is 89.6 Å². The van der Waals surface area contributed by atoms with E-state index in [0.29, 0.717) is 5.69 Å². The van der Waals surface area contributed by atoms with E-state index < -0.39 is 5.97 Å². The van der Waals surface area contributed by atoms with Crippen LogP contribution in [0.2, 0.25) is 0 Å². The summed E-state index contributed by atoms with van der Waals surface area (Å²) in [4.78, 5) is 19.3. The predicted molar refractivity (Wildman–Crippen MR) is 57.9 cm³/mol. The standard InChI is InChI=1S/C10H12N4O3/c1-5(2)6-4-7(15)14-10(11-6)12-8(13-14)9(16)17-3/h4-5,15H,1-3H3. The molecule has 0 aliphatic rings. The zero-order valence-electron chi connectivity index (χ0n) is 9.71. The van der Waals surface area contributed by atoms with Gasteiger partial charge in [-0.1, -0.05) is 13.8 Å². The van der Waals surface area contributed by atoms with Gasteiger partial charge in [0.2, 0.25) is 5.88 Å². The molecule has 7 nitrogen and oxygen atoms in total. The molecule has 0 amide bonds. The number of fused-ring (bicyclic) bond motifs is 1. The average molecular weight is 236 g/mol. The predicted octanol–water partition coefficient (Wildman–Crippen LogP) is 0.740. The quantitative estimate of drug-likeness (QED) is 0.773. The minimum atomic E-state index is -0.666. The summed E-state index contributed by atoms with van der Waals surface area (Å²) in [5, 5.41) is 13.5. The highest BCUT2D eigenvalue weighted by Crippen LogP contribution is 2.18. The summed E-state index contributed by atoms with van der Waals surface area (Å²) >= 11 is 0. The number of aromatic nitrogens is 4. The van der Waals surface area contributed by atoms with E-state index in [0.717, 1.165) is 4.52 Å². The Morgan fingerprint density at radius 1 is 1.47 bits per heavy atom. The summed E-state index contributed by atoms with van der Waals surface area (Å²) in [6.45, 7) is 3.88. The van der Waals surface area contributed by atoms with Crippen molar-refractivity contribution in [3.05, 3.63) is 17.6 Å². The maximum Gasteiger partial charge on any atom is 0.378 e. The molecule has 7 heteroatoms. The van der Waals surface area contributed by atoms with Gasteiger partial charge in [0.05, 0.1) is 12.8 Å². The van der Waals surface area contributed by atoms with Crippen LogP contribution in [0.25, 0.3) is 5.78 Å². The molecule has 0 aliphatic carbocycles. The maximum atomic E-state index is 11.2. The molecule has 0 unspecified atom stereocenters. The first-order chi connectivity index (χ1) is 8.02. The van der Waals surface area contributed by atoms with Gasteiger partial charge in [0.15, 0.2) is 0 Å². The largest absolute Gasteiger partial charge is 0.493 e. The SMILES string of the molecule is COC(=O)c1nc2nc(C(C)C)cc(O)n2n1. The van der Waals surface area contributed by atoms with Crippen molar-refractivity contribution in [2.75, 3.05) is 7.11 Å². The number of carbonyl (C=O) groups excluding carboxylic acids is 1.